The van der Waals surface area contributed by atoms with Gasteiger partial charge in [0.15, 0.2) is 4.90 Å². The lowest BCUT2D eigenvalue weighted by Crippen LogP contribution is -2.53. The smallest absolute Gasteiger partial charge is 0.324 e. The van der Waals surface area contributed by atoms with Crippen LogP contribution < -0.4 is 0 Å². The largest absolute Gasteiger partial charge is 0.344 e. The molecule has 4 N–H and O–H groups in total. The second-order valence-electron chi connectivity index (χ2n) is 9.83. The molecular formula is C30H32O6P2. The van der Waals surface area contributed by atoms with Crippen LogP contribution in [0.1, 0.15) is 22.3 Å². The monoisotopic (exact) mass is 550 g/mol. The van der Waals surface area contributed by atoms with Crippen molar-refractivity contribution >= 4 is 15.2 Å². The Hall–Kier alpha value is -2.82. The van der Waals surface area contributed by atoms with Gasteiger partial charge in [-0.3, -0.25) is 9.13 Å². The summed E-state index contributed by atoms with van der Waals surface area (Å²) in [5.74, 6) is 0. The summed E-state index contributed by atoms with van der Waals surface area (Å²) in [7, 11) is -11.0. The van der Waals surface area contributed by atoms with E-state index in [1.54, 1.807) is 30.3 Å². The van der Waals surface area contributed by atoms with E-state index in [9.17, 15) is 28.7 Å². The van der Waals surface area contributed by atoms with Crippen LogP contribution in [0, 0.1) is 5.41 Å². The Morgan fingerprint density at radius 1 is 0.421 bits per heavy atom. The zero-order chi connectivity index (χ0) is 27.3. The van der Waals surface area contributed by atoms with E-state index in [2.05, 4.69) is 0 Å². The lowest BCUT2D eigenvalue weighted by atomic mass is 9.68. The molecule has 198 valence electrons. The minimum absolute atomic E-state index is 0.0423. The summed E-state index contributed by atoms with van der Waals surface area (Å²) in [6, 6.07) is 35.9. The van der Waals surface area contributed by atoms with Gasteiger partial charge in [-0.2, -0.15) is 0 Å². The third-order valence-electron chi connectivity index (χ3n) is 7.26. The lowest BCUT2D eigenvalue weighted by molar-refractivity contribution is 0.168. The van der Waals surface area contributed by atoms with Crippen molar-refractivity contribution in [1.29, 1.82) is 0 Å². The molecular weight excluding hydrogens is 518 g/mol. The summed E-state index contributed by atoms with van der Waals surface area (Å²) in [6.45, 7) is 0. The fraction of sp³-hybridized carbons (Fsp3) is 0.200. The molecule has 0 bridgehead atoms. The zero-order valence-corrected chi connectivity index (χ0v) is 22.7. The normalized spacial score (nSPS) is 12.8. The van der Waals surface area contributed by atoms with Crippen LogP contribution in [0.4, 0.5) is 0 Å². The van der Waals surface area contributed by atoms with Crippen LogP contribution in [0.15, 0.2) is 121 Å². The molecule has 0 amide bonds. The first-order valence-electron chi connectivity index (χ1n) is 12.3. The molecule has 4 aromatic carbocycles. The quantitative estimate of drug-likeness (QED) is 0.171. The van der Waals surface area contributed by atoms with Gasteiger partial charge in [0.2, 0.25) is 0 Å². The molecule has 0 aliphatic carbocycles. The lowest BCUT2D eigenvalue weighted by Gasteiger charge is -2.51. The van der Waals surface area contributed by atoms with Crippen molar-refractivity contribution in [3.63, 3.8) is 0 Å². The van der Waals surface area contributed by atoms with Crippen LogP contribution in [-0.2, 0) is 34.8 Å². The van der Waals surface area contributed by atoms with Gasteiger partial charge in [-0.25, -0.2) is 0 Å². The fourth-order valence-corrected chi connectivity index (χ4v) is 9.48. The predicted octanol–water partition coefficient (Wildman–Crippen LogP) is 6.00. The van der Waals surface area contributed by atoms with Crippen LogP contribution in [0.3, 0.4) is 0 Å². The van der Waals surface area contributed by atoms with Crippen LogP contribution in [0.5, 0.6) is 0 Å². The van der Waals surface area contributed by atoms with Gasteiger partial charge in [-0.15, -0.1) is 0 Å². The van der Waals surface area contributed by atoms with Crippen molar-refractivity contribution in [2.24, 2.45) is 5.41 Å². The maximum absolute atomic E-state index is 13.7. The molecule has 38 heavy (non-hydrogen) atoms. The highest BCUT2D eigenvalue weighted by molar-refractivity contribution is 7.72. The third kappa shape index (κ3) is 5.92. The second kappa shape index (κ2) is 11.5. The summed E-state index contributed by atoms with van der Waals surface area (Å²) in [6.07, 6.45) is -0.364. The van der Waals surface area contributed by atoms with Gasteiger partial charge in [0.05, 0.1) is 0 Å². The van der Waals surface area contributed by atoms with E-state index in [1.165, 1.54) is 0 Å². The first-order valence-corrected chi connectivity index (χ1v) is 15.6. The number of rotatable bonds is 11. The third-order valence-corrected chi connectivity index (χ3v) is 12.0. The van der Waals surface area contributed by atoms with Crippen molar-refractivity contribution < 1.29 is 28.7 Å². The topological polar surface area (TPSA) is 115 Å². The summed E-state index contributed by atoms with van der Waals surface area (Å²) in [4.78, 5) is 41.7. The number of hydrogen-bond acceptors (Lipinski definition) is 2. The van der Waals surface area contributed by atoms with Gasteiger partial charge in [0.25, 0.3) is 0 Å². The maximum atomic E-state index is 13.7. The average molecular weight is 551 g/mol. The fourth-order valence-electron chi connectivity index (χ4n) is 5.63. The van der Waals surface area contributed by atoms with E-state index in [1.807, 2.05) is 91.0 Å². The van der Waals surface area contributed by atoms with E-state index < -0.39 is 31.9 Å². The molecule has 0 saturated heterocycles. The molecule has 0 radical (unpaired) electrons. The van der Waals surface area contributed by atoms with E-state index in [4.69, 9.17) is 0 Å². The van der Waals surface area contributed by atoms with Gasteiger partial charge in [-0.1, -0.05) is 121 Å². The second-order valence-corrected chi connectivity index (χ2v) is 13.9. The molecule has 6 nitrogen and oxygen atoms in total. The highest BCUT2D eigenvalue weighted by Gasteiger charge is 2.70. The Bertz CT molecular complexity index is 1280. The van der Waals surface area contributed by atoms with Crippen LogP contribution in [-0.4, -0.2) is 24.5 Å². The van der Waals surface area contributed by atoms with Crippen molar-refractivity contribution in [2.45, 2.75) is 30.6 Å². The molecule has 4 rings (SSSR count). The van der Waals surface area contributed by atoms with Gasteiger partial charge in [0.1, 0.15) is 0 Å². The first kappa shape index (κ1) is 28.2. The molecule has 0 aliphatic heterocycles. The Morgan fingerprint density at radius 2 is 0.658 bits per heavy atom. The zero-order valence-electron chi connectivity index (χ0n) is 20.9. The summed E-state index contributed by atoms with van der Waals surface area (Å²) < 4.78 is 27.4. The van der Waals surface area contributed by atoms with E-state index in [0.717, 1.165) is 16.7 Å². The van der Waals surface area contributed by atoms with Gasteiger partial charge < -0.3 is 19.6 Å². The van der Waals surface area contributed by atoms with E-state index in [0.29, 0.717) is 5.56 Å². The minimum atomic E-state index is -5.49. The predicted molar refractivity (Wildman–Crippen MR) is 150 cm³/mol. The Balaban J connectivity index is 2.09. The maximum Gasteiger partial charge on any atom is 0.344 e. The van der Waals surface area contributed by atoms with Crippen LogP contribution in [0.2, 0.25) is 0 Å². The van der Waals surface area contributed by atoms with Crippen molar-refractivity contribution in [1.82, 2.24) is 0 Å². The molecule has 0 heterocycles. The molecule has 0 aromatic heterocycles. The van der Waals surface area contributed by atoms with Crippen LogP contribution >= 0.6 is 15.2 Å². The average Bonchev–Trinajstić information content (AvgIpc) is 2.88. The Kier molecular flexibility index (Phi) is 8.54. The van der Waals surface area contributed by atoms with Crippen LogP contribution in [0.25, 0.3) is 0 Å². The van der Waals surface area contributed by atoms with Gasteiger partial charge >= 0.3 is 15.2 Å². The standard InChI is InChI=1S/C30H32O6P2/c31-37(32,33)30(38(34,35)36,24-28-19-11-4-12-20-28)29(21-25-13-5-1-6-14-25,22-26-15-7-2-8-16-26)23-27-17-9-3-10-18-27/h1-20H,21-24H2,(H2,31,32,33)(H2,34,35,36). The number of hydrogen-bond donors (Lipinski definition) is 4. The molecule has 0 unspecified atom stereocenters. The molecule has 4 aromatic rings. The molecule has 0 spiro atoms. The molecule has 0 fully saturated rings. The van der Waals surface area contributed by atoms with Gasteiger partial charge in [-0.05, 0) is 41.5 Å². The molecule has 0 aliphatic rings. The van der Waals surface area contributed by atoms with Crippen molar-refractivity contribution in [3.8, 4) is 0 Å². The van der Waals surface area contributed by atoms with E-state index >= 15 is 0 Å². The molecule has 8 heteroatoms. The summed E-state index contributed by atoms with van der Waals surface area (Å²) >= 11 is 0. The van der Waals surface area contributed by atoms with Gasteiger partial charge in [0, 0.05) is 11.8 Å². The Labute approximate surface area is 223 Å². The summed E-state index contributed by atoms with van der Waals surface area (Å²) in [5.41, 5.74) is 1.07. The van der Waals surface area contributed by atoms with Crippen molar-refractivity contribution in [2.75, 3.05) is 0 Å². The van der Waals surface area contributed by atoms with Crippen molar-refractivity contribution in [3.05, 3.63) is 144 Å². The summed E-state index contributed by atoms with van der Waals surface area (Å²) in [5, 5.41) is 0. The SMILES string of the molecule is O=P(O)(O)C(Cc1ccccc1)(C(Cc1ccccc1)(Cc1ccccc1)Cc1ccccc1)P(=O)(O)O. The molecule has 0 atom stereocenters. The minimum Gasteiger partial charge on any atom is -0.324 e. The highest BCUT2D eigenvalue weighted by Crippen LogP contribution is 2.78. The number of benzene rings is 4. The molecule has 0 saturated carbocycles. The van der Waals surface area contributed by atoms with E-state index in [-0.39, 0.29) is 19.3 Å². The first-order chi connectivity index (χ1) is 18.1. The Morgan fingerprint density at radius 3 is 0.895 bits per heavy atom. The highest BCUT2D eigenvalue weighted by atomic mass is 31.2.